The minimum absolute atomic E-state index is 0.728. The van der Waals surface area contributed by atoms with E-state index >= 15 is 0 Å². The van der Waals surface area contributed by atoms with E-state index in [-0.39, 0.29) is 0 Å². The van der Waals surface area contributed by atoms with Gasteiger partial charge in [-0.25, -0.2) is 19.5 Å². The Kier molecular flexibility index (Phi) is 2.05. The quantitative estimate of drug-likeness (QED) is 0.518. The summed E-state index contributed by atoms with van der Waals surface area (Å²) in [6.07, 6.45) is 5.25. The lowest BCUT2D eigenvalue weighted by atomic mass is 10.2. The van der Waals surface area contributed by atoms with Crippen LogP contribution in [-0.2, 0) is 0 Å². The van der Waals surface area contributed by atoms with Crippen molar-refractivity contribution in [3.63, 3.8) is 0 Å². The van der Waals surface area contributed by atoms with Gasteiger partial charge in [-0.05, 0) is 36.4 Å². The molecular weight excluding hydrogens is 238 g/mol. The first-order chi connectivity index (χ1) is 9.42. The fourth-order valence-electron chi connectivity index (χ4n) is 2.10. The van der Waals surface area contributed by atoms with Gasteiger partial charge in [0.2, 0.25) is 0 Å². The van der Waals surface area contributed by atoms with Crippen LogP contribution in [0.15, 0.2) is 55.0 Å². The number of rotatable bonds is 1. The van der Waals surface area contributed by atoms with E-state index in [9.17, 15) is 0 Å². The molecule has 4 heterocycles. The molecule has 0 aliphatic carbocycles. The van der Waals surface area contributed by atoms with Gasteiger partial charge in [0.1, 0.15) is 5.69 Å². The smallest absolute Gasteiger partial charge is 0.159 e. The fourth-order valence-corrected chi connectivity index (χ4v) is 2.10. The highest BCUT2D eigenvalue weighted by Crippen LogP contribution is 2.20. The zero-order chi connectivity index (χ0) is 12.7. The number of fused-ring (bicyclic) bond motifs is 2. The maximum absolute atomic E-state index is 4.56. The summed E-state index contributed by atoms with van der Waals surface area (Å²) in [6, 6.07) is 11.6. The van der Waals surface area contributed by atoms with Gasteiger partial charge in [-0.3, -0.25) is 0 Å². The van der Waals surface area contributed by atoms with E-state index in [0.29, 0.717) is 0 Å². The molecule has 0 amide bonds. The molecule has 4 rings (SSSR count). The first kappa shape index (κ1) is 10.1. The van der Waals surface area contributed by atoms with Crippen LogP contribution in [-0.4, -0.2) is 24.6 Å². The maximum atomic E-state index is 4.56. The molecule has 5 nitrogen and oxygen atoms in total. The van der Waals surface area contributed by atoms with Crippen molar-refractivity contribution in [1.29, 1.82) is 0 Å². The average molecular weight is 247 g/mol. The molecule has 0 bridgehead atoms. The summed E-state index contributed by atoms with van der Waals surface area (Å²) >= 11 is 0. The van der Waals surface area contributed by atoms with Crippen molar-refractivity contribution in [2.24, 2.45) is 0 Å². The highest BCUT2D eigenvalue weighted by Gasteiger charge is 2.08. The zero-order valence-corrected chi connectivity index (χ0v) is 9.93. The van der Waals surface area contributed by atoms with Crippen LogP contribution in [0, 0.1) is 0 Å². The highest BCUT2D eigenvalue weighted by molar-refractivity contribution is 5.77. The standard InChI is InChI=1S/C14H9N5/c1-3-10-5-6-11(18-14(10)15-7-1)12-9-16-13-4-2-8-17-19(12)13/h1-9H. The van der Waals surface area contributed by atoms with E-state index < -0.39 is 0 Å². The Labute approximate surface area is 108 Å². The lowest BCUT2D eigenvalue weighted by Crippen LogP contribution is -1.95. The van der Waals surface area contributed by atoms with E-state index in [0.717, 1.165) is 28.1 Å². The van der Waals surface area contributed by atoms with E-state index in [2.05, 4.69) is 20.1 Å². The lowest BCUT2D eigenvalue weighted by Gasteiger charge is -2.01. The lowest BCUT2D eigenvalue weighted by molar-refractivity contribution is 0.938. The molecule has 4 aromatic rings. The summed E-state index contributed by atoms with van der Waals surface area (Å²) in [7, 11) is 0. The Morgan fingerprint density at radius 3 is 2.84 bits per heavy atom. The Bertz CT molecular complexity index is 881. The van der Waals surface area contributed by atoms with Crippen molar-refractivity contribution in [1.82, 2.24) is 24.6 Å². The van der Waals surface area contributed by atoms with Crippen LogP contribution in [0.4, 0.5) is 0 Å². The second kappa shape index (κ2) is 3.84. The number of pyridine rings is 2. The van der Waals surface area contributed by atoms with Gasteiger partial charge in [0, 0.05) is 17.8 Å². The molecule has 0 aromatic carbocycles. The van der Waals surface area contributed by atoms with Crippen LogP contribution < -0.4 is 0 Å². The third-order valence-corrected chi connectivity index (χ3v) is 3.00. The first-order valence-corrected chi connectivity index (χ1v) is 5.93. The monoisotopic (exact) mass is 247 g/mol. The zero-order valence-electron chi connectivity index (χ0n) is 9.93. The predicted molar refractivity (Wildman–Crippen MR) is 71.5 cm³/mol. The van der Waals surface area contributed by atoms with E-state index in [4.69, 9.17) is 0 Å². The summed E-state index contributed by atoms with van der Waals surface area (Å²) in [5.74, 6) is 0. The van der Waals surface area contributed by atoms with Crippen molar-refractivity contribution in [3.8, 4) is 11.4 Å². The summed E-state index contributed by atoms with van der Waals surface area (Å²) < 4.78 is 1.77. The van der Waals surface area contributed by atoms with E-state index in [1.54, 1.807) is 23.1 Å². The third-order valence-electron chi connectivity index (χ3n) is 3.00. The summed E-state index contributed by atoms with van der Waals surface area (Å²) in [5.41, 5.74) is 3.21. The van der Waals surface area contributed by atoms with Gasteiger partial charge in [-0.15, -0.1) is 0 Å². The summed E-state index contributed by atoms with van der Waals surface area (Å²) in [6.45, 7) is 0. The van der Waals surface area contributed by atoms with Crippen LogP contribution in [0.25, 0.3) is 28.1 Å². The number of hydrogen-bond donors (Lipinski definition) is 0. The Balaban J connectivity index is 1.99. The molecule has 19 heavy (non-hydrogen) atoms. The number of nitrogens with zero attached hydrogens (tertiary/aromatic N) is 5. The molecule has 0 atom stereocenters. The summed E-state index contributed by atoms with van der Waals surface area (Å²) in [4.78, 5) is 13.1. The Morgan fingerprint density at radius 2 is 1.84 bits per heavy atom. The molecule has 0 radical (unpaired) electrons. The molecule has 0 N–H and O–H groups in total. The SMILES string of the molecule is c1cnc2nc(-c3cnc4cccnn34)ccc2c1. The second-order valence-corrected chi connectivity index (χ2v) is 4.18. The van der Waals surface area contributed by atoms with Crippen molar-refractivity contribution < 1.29 is 0 Å². The molecule has 0 aliphatic heterocycles. The number of imidazole rings is 1. The van der Waals surface area contributed by atoms with E-state index in [1.165, 1.54) is 0 Å². The van der Waals surface area contributed by atoms with Crippen LogP contribution in [0.1, 0.15) is 0 Å². The van der Waals surface area contributed by atoms with Crippen LogP contribution >= 0.6 is 0 Å². The highest BCUT2D eigenvalue weighted by atomic mass is 15.3. The fraction of sp³-hybridized carbons (Fsp3) is 0. The molecule has 4 aromatic heterocycles. The topological polar surface area (TPSA) is 56.0 Å². The predicted octanol–water partition coefficient (Wildman–Crippen LogP) is 2.34. The number of hydrogen-bond acceptors (Lipinski definition) is 4. The van der Waals surface area contributed by atoms with Gasteiger partial charge in [0.25, 0.3) is 0 Å². The molecule has 0 saturated heterocycles. The molecule has 0 spiro atoms. The first-order valence-electron chi connectivity index (χ1n) is 5.93. The molecule has 0 aliphatic rings. The molecule has 5 heteroatoms. The van der Waals surface area contributed by atoms with Crippen LogP contribution in [0.3, 0.4) is 0 Å². The van der Waals surface area contributed by atoms with Gasteiger partial charge in [0.05, 0.1) is 11.9 Å². The average Bonchev–Trinajstić information content (AvgIpc) is 2.91. The Morgan fingerprint density at radius 1 is 0.895 bits per heavy atom. The van der Waals surface area contributed by atoms with Gasteiger partial charge >= 0.3 is 0 Å². The molecule has 0 fully saturated rings. The second-order valence-electron chi connectivity index (χ2n) is 4.18. The molecular formula is C14H9N5. The minimum atomic E-state index is 0.728. The molecule has 90 valence electrons. The van der Waals surface area contributed by atoms with Crippen molar-refractivity contribution in [2.75, 3.05) is 0 Å². The molecule has 0 saturated carbocycles. The largest absolute Gasteiger partial charge is 0.237 e. The summed E-state index contributed by atoms with van der Waals surface area (Å²) in [5, 5.41) is 5.31. The maximum Gasteiger partial charge on any atom is 0.159 e. The molecule has 0 unspecified atom stereocenters. The normalized spacial score (nSPS) is 11.2. The van der Waals surface area contributed by atoms with Crippen molar-refractivity contribution in [2.45, 2.75) is 0 Å². The van der Waals surface area contributed by atoms with Crippen molar-refractivity contribution in [3.05, 3.63) is 55.0 Å². The number of aromatic nitrogens is 5. The third kappa shape index (κ3) is 1.55. The van der Waals surface area contributed by atoms with Gasteiger partial charge in [0.15, 0.2) is 11.3 Å². The van der Waals surface area contributed by atoms with Crippen LogP contribution in [0.2, 0.25) is 0 Å². The van der Waals surface area contributed by atoms with Gasteiger partial charge < -0.3 is 0 Å². The van der Waals surface area contributed by atoms with Gasteiger partial charge in [-0.1, -0.05) is 0 Å². The minimum Gasteiger partial charge on any atom is -0.237 e. The van der Waals surface area contributed by atoms with Gasteiger partial charge in [-0.2, -0.15) is 5.10 Å². The van der Waals surface area contributed by atoms with Crippen molar-refractivity contribution >= 4 is 16.7 Å². The Hall–Kier alpha value is -2.82. The van der Waals surface area contributed by atoms with Crippen LogP contribution in [0.5, 0.6) is 0 Å². The van der Waals surface area contributed by atoms with E-state index in [1.807, 2.05) is 36.4 Å².